The van der Waals surface area contributed by atoms with Crippen molar-refractivity contribution in [3.8, 4) is 5.75 Å². The lowest BCUT2D eigenvalue weighted by atomic mass is 10.1. The summed E-state index contributed by atoms with van der Waals surface area (Å²) in [6.45, 7) is 0. The van der Waals surface area contributed by atoms with E-state index in [1.807, 2.05) is 0 Å². The molecule has 0 unspecified atom stereocenters. The summed E-state index contributed by atoms with van der Waals surface area (Å²) in [4.78, 5) is -1.28. The van der Waals surface area contributed by atoms with Crippen LogP contribution in [0.4, 0.5) is 0 Å². The Morgan fingerprint density at radius 1 is 0.950 bits per heavy atom. The molecule has 0 fully saturated rings. The maximum absolute atomic E-state index is 11.3. The quantitative estimate of drug-likeness (QED) is 0.675. The van der Waals surface area contributed by atoms with Crippen LogP contribution in [0.5, 0.6) is 5.75 Å². The monoisotopic (exact) mass is 382 g/mol. The molecule has 0 spiro atoms. The van der Waals surface area contributed by atoms with E-state index in [4.69, 9.17) is 9.11 Å². The molecule has 0 saturated carbocycles. The average molecular weight is 383 g/mol. The third-order valence-corrected chi connectivity index (χ3v) is 4.96. The van der Waals surface area contributed by atoms with E-state index in [0.717, 1.165) is 18.2 Å². The molecule has 0 aromatic heterocycles. The summed E-state index contributed by atoms with van der Waals surface area (Å²) < 4.78 is 63.1. The Balaban J connectivity index is 3.08. The standard InChI is InChI=1S/C10H7BrO7S2/c11-7-1-2-9(20(16,17)18)6-3-5(19(13,14)15)4-8(12)10(6)7/h1-4,12H,(H,13,14,15)(H,16,17,18). The molecule has 0 aliphatic heterocycles. The van der Waals surface area contributed by atoms with Gasteiger partial charge in [0.15, 0.2) is 0 Å². The SMILES string of the molecule is O=S(=O)(O)c1cc(O)c2c(Br)ccc(S(=O)(=O)O)c2c1. The number of phenols is 1. The van der Waals surface area contributed by atoms with Gasteiger partial charge in [0.2, 0.25) is 0 Å². The van der Waals surface area contributed by atoms with E-state index in [1.54, 1.807) is 0 Å². The zero-order chi connectivity index (χ0) is 15.3. The lowest BCUT2D eigenvalue weighted by Crippen LogP contribution is -2.02. The predicted octanol–water partition coefficient (Wildman–Crippen LogP) is 1.80. The molecule has 7 nitrogen and oxygen atoms in total. The molecule has 0 aliphatic rings. The van der Waals surface area contributed by atoms with Gasteiger partial charge in [-0.3, -0.25) is 9.11 Å². The van der Waals surface area contributed by atoms with Crippen LogP contribution in [0.15, 0.2) is 38.5 Å². The molecule has 0 heterocycles. The zero-order valence-electron chi connectivity index (χ0n) is 9.48. The second-order valence-electron chi connectivity index (χ2n) is 3.86. The second-order valence-corrected chi connectivity index (χ2v) is 7.53. The van der Waals surface area contributed by atoms with Crippen molar-refractivity contribution in [2.24, 2.45) is 0 Å². The van der Waals surface area contributed by atoms with Crippen molar-refractivity contribution in [1.29, 1.82) is 0 Å². The van der Waals surface area contributed by atoms with Gasteiger partial charge in [-0.1, -0.05) is 15.9 Å². The largest absolute Gasteiger partial charge is 0.507 e. The fourth-order valence-corrected chi connectivity index (χ4v) is 3.50. The number of phenolic OH excluding ortho intramolecular Hbond substituents is 1. The van der Waals surface area contributed by atoms with Gasteiger partial charge in [0, 0.05) is 21.3 Å². The fraction of sp³-hybridized carbons (Fsp3) is 0. The van der Waals surface area contributed by atoms with Gasteiger partial charge in [-0.2, -0.15) is 16.8 Å². The van der Waals surface area contributed by atoms with Crippen LogP contribution in [-0.2, 0) is 20.2 Å². The zero-order valence-corrected chi connectivity index (χ0v) is 12.7. The molecule has 2 aromatic carbocycles. The molecule has 0 saturated heterocycles. The molecule has 108 valence electrons. The normalized spacial score (nSPS) is 12.8. The number of hydrogen-bond acceptors (Lipinski definition) is 5. The van der Waals surface area contributed by atoms with E-state index in [0.29, 0.717) is 4.47 Å². The molecule has 0 bridgehead atoms. The second kappa shape index (κ2) is 4.67. The third kappa shape index (κ3) is 2.65. The Kier molecular flexibility index (Phi) is 3.55. The summed E-state index contributed by atoms with van der Waals surface area (Å²) in [6, 6.07) is 3.93. The summed E-state index contributed by atoms with van der Waals surface area (Å²) in [6.07, 6.45) is 0. The number of rotatable bonds is 2. The van der Waals surface area contributed by atoms with Crippen molar-refractivity contribution >= 4 is 46.9 Å². The van der Waals surface area contributed by atoms with Crippen LogP contribution < -0.4 is 0 Å². The molecule has 2 rings (SSSR count). The Morgan fingerprint density at radius 3 is 2.05 bits per heavy atom. The van der Waals surface area contributed by atoms with Crippen molar-refractivity contribution in [3.05, 3.63) is 28.7 Å². The molecular weight excluding hydrogens is 376 g/mol. The molecule has 3 N–H and O–H groups in total. The summed E-state index contributed by atoms with van der Waals surface area (Å²) in [5, 5.41) is 9.56. The van der Waals surface area contributed by atoms with Crippen molar-refractivity contribution in [2.45, 2.75) is 9.79 Å². The predicted molar refractivity (Wildman–Crippen MR) is 72.9 cm³/mol. The van der Waals surface area contributed by atoms with Gasteiger partial charge >= 0.3 is 0 Å². The first-order valence-corrected chi connectivity index (χ1v) is 8.59. The summed E-state index contributed by atoms with van der Waals surface area (Å²) in [5.41, 5.74) is 0. The molecular formula is C10H7BrO7S2. The lowest BCUT2D eigenvalue weighted by Gasteiger charge is -2.09. The fourth-order valence-electron chi connectivity index (χ4n) is 1.74. The number of benzene rings is 2. The Hall–Kier alpha value is -1.20. The first kappa shape index (κ1) is 15.2. The van der Waals surface area contributed by atoms with Crippen LogP contribution in [0, 0.1) is 0 Å². The first-order chi connectivity index (χ1) is 9.01. The van der Waals surface area contributed by atoms with Crippen molar-refractivity contribution in [1.82, 2.24) is 0 Å². The maximum atomic E-state index is 11.3. The van der Waals surface area contributed by atoms with E-state index in [1.165, 1.54) is 6.07 Å². The molecule has 2 aromatic rings. The van der Waals surface area contributed by atoms with E-state index < -0.39 is 35.8 Å². The highest BCUT2D eigenvalue weighted by molar-refractivity contribution is 9.10. The minimum absolute atomic E-state index is 0.00692. The first-order valence-electron chi connectivity index (χ1n) is 4.92. The van der Waals surface area contributed by atoms with E-state index in [9.17, 15) is 21.9 Å². The minimum atomic E-state index is -4.64. The average Bonchev–Trinajstić information content (AvgIpc) is 2.25. The van der Waals surface area contributed by atoms with Gasteiger partial charge in [0.1, 0.15) is 10.6 Å². The van der Waals surface area contributed by atoms with Gasteiger partial charge in [0.05, 0.1) is 4.90 Å². The third-order valence-electron chi connectivity index (χ3n) is 2.55. The van der Waals surface area contributed by atoms with Crippen molar-refractivity contribution in [2.75, 3.05) is 0 Å². The summed E-state index contributed by atoms with van der Waals surface area (Å²) >= 11 is 3.08. The van der Waals surface area contributed by atoms with E-state index in [2.05, 4.69) is 15.9 Å². The van der Waals surface area contributed by atoms with Crippen LogP contribution >= 0.6 is 15.9 Å². The smallest absolute Gasteiger partial charge is 0.295 e. The number of hydrogen-bond donors (Lipinski definition) is 3. The van der Waals surface area contributed by atoms with Gasteiger partial charge in [-0.15, -0.1) is 0 Å². The molecule has 0 radical (unpaired) electrons. The Labute approximate surface area is 122 Å². The highest BCUT2D eigenvalue weighted by Crippen LogP contribution is 2.37. The Bertz CT molecular complexity index is 916. The maximum Gasteiger partial charge on any atom is 0.295 e. The Morgan fingerprint density at radius 2 is 1.55 bits per heavy atom. The lowest BCUT2D eigenvalue weighted by molar-refractivity contribution is 0.470. The van der Waals surface area contributed by atoms with Crippen LogP contribution in [0.3, 0.4) is 0 Å². The van der Waals surface area contributed by atoms with Crippen LogP contribution in [0.2, 0.25) is 0 Å². The van der Waals surface area contributed by atoms with Gasteiger partial charge in [-0.05, 0) is 18.2 Å². The van der Waals surface area contributed by atoms with Crippen molar-refractivity contribution in [3.63, 3.8) is 0 Å². The molecule has 0 aliphatic carbocycles. The number of halogens is 1. The van der Waals surface area contributed by atoms with Crippen molar-refractivity contribution < 1.29 is 31.0 Å². The highest BCUT2D eigenvalue weighted by Gasteiger charge is 2.21. The number of fused-ring (bicyclic) bond motifs is 1. The van der Waals surface area contributed by atoms with E-state index >= 15 is 0 Å². The van der Waals surface area contributed by atoms with Crippen LogP contribution in [0.25, 0.3) is 10.8 Å². The van der Waals surface area contributed by atoms with E-state index in [-0.39, 0.29) is 10.8 Å². The number of aromatic hydroxyl groups is 1. The van der Waals surface area contributed by atoms with Gasteiger partial charge < -0.3 is 5.11 Å². The highest BCUT2D eigenvalue weighted by atomic mass is 79.9. The molecule has 20 heavy (non-hydrogen) atoms. The van der Waals surface area contributed by atoms with Gasteiger partial charge in [-0.25, -0.2) is 0 Å². The molecule has 10 heteroatoms. The summed E-state index contributed by atoms with van der Waals surface area (Å²) in [5.74, 6) is -0.562. The topological polar surface area (TPSA) is 129 Å². The minimum Gasteiger partial charge on any atom is -0.507 e. The molecule has 0 amide bonds. The van der Waals surface area contributed by atoms with Crippen LogP contribution in [-0.4, -0.2) is 31.0 Å². The summed E-state index contributed by atoms with van der Waals surface area (Å²) in [7, 11) is -9.28. The molecule has 0 atom stereocenters. The van der Waals surface area contributed by atoms with Gasteiger partial charge in [0.25, 0.3) is 20.2 Å². The van der Waals surface area contributed by atoms with Crippen LogP contribution in [0.1, 0.15) is 0 Å².